The molecular weight excluding hydrogens is 386 g/mol. The predicted molar refractivity (Wildman–Crippen MR) is 124 cm³/mol. The first-order valence-electron chi connectivity index (χ1n) is 11.0. The van der Waals surface area contributed by atoms with Crippen molar-refractivity contribution in [2.45, 2.75) is 61.4 Å². The lowest BCUT2D eigenvalue weighted by Gasteiger charge is -2.27. The molecule has 1 saturated heterocycles. The van der Waals surface area contributed by atoms with Gasteiger partial charge >= 0.3 is 6.03 Å². The fourth-order valence-corrected chi connectivity index (χ4v) is 3.99. The number of nitrogens with zero attached hydrogens (tertiary/aromatic N) is 2. The van der Waals surface area contributed by atoms with E-state index in [9.17, 15) is 9.59 Å². The molecule has 31 heavy (non-hydrogen) atoms. The number of urea groups is 1. The first-order chi connectivity index (χ1) is 14.4. The summed E-state index contributed by atoms with van der Waals surface area (Å²) in [5, 5.41) is 2.38. The molecule has 2 aromatic rings. The Balaban J connectivity index is 2.25. The molecule has 0 atom stereocenters. The molecule has 165 valence electrons. The van der Waals surface area contributed by atoms with Crippen LogP contribution in [0.4, 0.5) is 4.79 Å². The summed E-state index contributed by atoms with van der Waals surface area (Å²) in [6.07, 6.45) is 3.18. The monoisotopic (exact) mass is 420 g/mol. The van der Waals surface area contributed by atoms with Crippen LogP contribution in [0.25, 0.3) is 11.1 Å². The first kappa shape index (κ1) is 23.0. The van der Waals surface area contributed by atoms with Crippen molar-refractivity contribution in [2.75, 3.05) is 6.54 Å². The average Bonchev–Trinajstić information content (AvgIpc) is 2.95. The van der Waals surface area contributed by atoms with Crippen molar-refractivity contribution < 1.29 is 9.59 Å². The number of hydrogen-bond acceptors (Lipinski definition) is 3. The number of pyridine rings is 1. The molecule has 3 amide bonds. The van der Waals surface area contributed by atoms with E-state index < -0.39 is 0 Å². The Morgan fingerprint density at radius 2 is 1.77 bits per heavy atom. The zero-order chi connectivity index (χ0) is 22.9. The molecule has 1 aromatic heterocycles. The van der Waals surface area contributed by atoms with E-state index in [4.69, 9.17) is 4.98 Å². The van der Waals surface area contributed by atoms with Gasteiger partial charge in [-0.15, -0.1) is 0 Å². The maximum Gasteiger partial charge on any atom is 0.324 e. The Labute approximate surface area is 186 Å². The van der Waals surface area contributed by atoms with Crippen molar-refractivity contribution in [1.29, 1.82) is 0 Å². The van der Waals surface area contributed by atoms with Crippen molar-refractivity contribution in [3.8, 4) is 11.1 Å². The van der Waals surface area contributed by atoms with Gasteiger partial charge in [0.05, 0.1) is 6.54 Å². The standard InChI is InChI=1S/C26H34N3O2/c1-16(2)12-22-20(13-26(5,6)7)24(19-10-8-17(3)9-11-19)21(18(4)27-22)14-29-15-23(30)28-25(29)31/h8-11,13,16H,12,14-15H2,1-7H3,(H,28,30,31). The predicted octanol–water partition coefficient (Wildman–Crippen LogP) is 5.21. The molecule has 1 radical (unpaired) electrons. The van der Waals surface area contributed by atoms with Crippen molar-refractivity contribution in [3.63, 3.8) is 0 Å². The van der Waals surface area contributed by atoms with E-state index in [1.54, 1.807) is 4.90 Å². The highest BCUT2D eigenvalue weighted by atomic mass is 16.2. The molecular formula is C26H34N3O2. The second-order valence-electron chi connectivity index (χ2n) is 10.1. The summed E-state index contributed by atoms with van der Waals surface area (Å²) in [5.41, 5.74) is 7.51. The fraction of sp³-hybridized carbons (Fsp3) is 0.462. The molecule has 0 aliphatic carbocycles. The second-order valence-corrected chi connectivity index (χ2v) is 10.1. The molecule has 1 fully saturated rings. The highest BCUT2D eigenvalue weighted by molar-refractivity contribution is 6.01. The van der Waals surface area contributed by atoms with Crippen LogP contribution >= 0.6 is 0 Å². The molecule has 1 N–H and O–H groups in total. The second kappa shape index (κ2) is 8.81. The van der Waals surface area contributed by atoms with Crippen LogP contribution in [0.1, 0.15) is 62.7 Å². The number of nitrogens with one attached hydrogen (secondary N) is 1. The minimum Gasteiger partial charge on any atom is -0.311 e. The van der Waals surface area contributed by atoms with Crippen LogP contribution in [0.15, 0.2) is 24.3 Å². The summed E-state index contributed by atoms with van der Waals surface area (Å²) in [4.78, 5) is 30.6. The van der Waals surface area contributed by atoms with Crippen LogP contribution in [0.5, 0.6) is 0 Å². The Morgan fingerprint density at radius 3 is 2.29 bits per heavy atom. The highest BCUT2D eigenvalue weighted by Crippen LogP contribution is 2.38. The number of aromatic nitrogens is 1. The lowest BCUT2D eigenvalue weighted by Crippen LogP contribution is -2.29. The van der Waals surface area contributed by atoms with Gasteiger partial charge in [-0.3, -0.25) is 15.1 Å². The number of benzene rings is 1. The molecule has 0 bridgehead atoms. The van der Waals surface area contributed by atoms with Crippen LogP contribution in [-0.4, -0.2) is 28.4 Å². The number of carbonyl (C=O) groups is 2. The summed E-state index contributed by atoms with van der Waals surface area (Å²) in [7, 11) is 0. The summed E-state index contributed by atoms with van der Waals surface area (Å²) in [5.74, 6) is 0.211. The largest absolute Gasteiger partial charge is 0.324 e. The number of imide groups is 1. The van der Waals surface area contributed by atoms with Gasteiger partial charge in [-0.2, -0.15) is 0 Å². The van der Waals surface area contributed by atoms with Gasteiger partial charge in [0.1, 0.15) is 6.54 Å². The quantitative estimate of drug-likeness (QED) is 0.652. The molecule has 0 spiro atoms. The first-order valence-corrected chi connectivity index (χ1v) is 11.0. The molecule has 1 aliphatic rings. The molecule has 3 rings (SSSR count). The highest BCUT2D eigenvalue weighted by Gasteiger charge is 2.30. The summed E-state index contributed by atoms with van der Waals surface area (Å²) in [6, 6.07) is 8.17. The minimum absolute atomic E-state index is 0.0413. The summed E-state index contributed by atoms with van der Waals surface area (Å²) in [6.45, 7) is 15.5. The van der Waals surface area contributed by atoms with Gasteiger partial charge in [-0.25, -0.2) is 4.79 Å². The van der Waals surface area contributed by atoms with Gasteiger partial charge in [0.2, 0.25) is 5.91 Å². The molecule has 0 unspecified atom stereocenters. The van der Waals surface area contributed by atoms with Crippen molar-refractivity contribution in [1.82, 2.24) is 15.2 Å². The van der Waals surface area contributed by atoms with Gasteiger partial charge < -0.3 is 4.90 Å². The Kier molecular flexibility index (Phi) is 6.54. The van der Waals surface area contributed by atoms with Crippen LogP contribution < -0.4 is 5.32 Å². The summed E-state index contributed by atoms with van der Waals surface area (Å²) < 4.78 is 0. The third-order valence-corrected chi connectivity index (χ3v) is 5.36. The van der Waals surface area contributed by atoms with E-state index in [1.807, 2.05) is 6.92 Å². The van der Waals surface area contributed by atoms with E-state index in [2.05, 4.69) is 77.5 Å². The number of aryl methyl sites for hydroxylation is 2. The number of hydrogen-bond donors (Lipinski definition) is 1. The van der Waals surface area contributed by atoms with Gasteiger partial charge in [0.25, 0.3) is 0 Å². The zero-order valence-corrected chi connectivity index (χ0v) is 19.8. The molecule has 1 aliphatic heterocycles. The smallest absolute Gasteiger partial charge is 0.311 e. The van der Waals surface area contributed by atoms with Crippen LogP contribution in [0.3, 0.4) is 0 Å². The van der Waals surface area contributed by atoms with Crippen molar-refractivity contribution >= 4 is 11.9 Å². The molecule has 1 aromatic carbocycles. The van der Waals surface area contributed by atoms with Crippen LogP contribution in [0, 0.1) is 31.6 Å². The Hall–Kier alpha value is -2.69. The Bertz CT molecular complexity index is 985. The lowest BCUT2D eigenvalue weighted by molar-refractivity contribution is -0.118. The maximum absolute atomic E-state index is 12.3. The SMILES string of the molecule is Cc1ccc(-c2c([CH]C(C)(C)C)c(CC(C)C)nc(C)c2CN2CC(=O)NC2=O)cc1. The third kappa shape index (κ3) is 5.52. The van der Waals surface area contributed by atoms with Crippen LogP contribution in [0.2, 0.25) is 0 Å². The van der Waals surface area contributed by atoms with E-state index >= 15 is 0 Å². The van der Waals surface area contributed by atoms with Crippen molar-refractivity contribution in [3.05, 3.63) is 58.8 Å². The zero-order valence-electron chi connectivity index (χ0n) is 19.8. The minimum atomic E-state index is -0.341. The fourth-order valence-electron chi connectivity index (χ4n) is 3.99. The van der Waals surface area contributed by atoms with E-state index in [0.717, 1.165) is 40.1 Å². The molecule has 2 heterocycles. The van der Waals surface area contributed by atoms with Crippen LogP contribution in [-0.2, 0) is 17.8 Å². The van der Waals surface area contributed by atoms with Crippen molar-refractivity contribution in [2.24, 2.45) is 11.3 Å². The number of carbonyl (C=O) groups excluding carboxylic acids is 2. The van der Waals surface area contributed by atoms with Gasteiger partial charge in [0, 0.05) is 17.0 Å². The molecule has 5 heteroatoms. The summed E-state index contributed by atoms with van der Waals surface area (Å²) >= 11 is 0. The van der Waals surface area contributed by atoms with Gasteiger partial charge in [-0.05, 0) is 54.7 Å². The molecule has 5 nitrogen and oxygen atoms in total. The third-order valence-electron chi connectivity index (χ3n) is 5.36. The normalized spacial score (nSPS) is 14.5. The van der Waals surface area contributed by atoms with E-state index in [-0.39, 0.29) is 23.9 Å². The maximum atomic E-state index is 12.3. The van der Waals surface area contributed by atoms with E-state index in [0.29, 0.717) is 12.5 Å². The topological polar surface area (TPSA) is 62.3 Å². The van der Waals surface area contributed by atoms with E-state index in [1.165, 1.54) is 5.56 Å². The Morgan fingerprint density at radius 1 is 1.13 bits per heavy atom. The number of rotatable bonds is 6. The van der Waals surface area contributed by atoms with Gasteiger partial charge in [0.15, 0.2) is 0 Å². The lowest BCUT2D eigenvalue weighted by atomic mass is 9.81. The number of amides is 3. The average molecular weight is 421 g/mol. The molecule has 0 saturated carbocycles. The van der Waals surface area contributed by atoms with Gasteiger partial charge in [-0.1, -0.05) is 64.4 Å².